The summed E-state index contributed by atoms with van der Waals surface area (Å²) in [6.45, 7) is 5.23. The molecule has 0 spiro atoms. The molecule has 0 radical (unpaired) electrons. The maximum Gasteiger partial charge on any atom is 0.419 e. The lowest BCUT2D eigenvalue weighted by Crippen LogP contribution is -2.28. The average molecular weight is 275 g/mol. The van der Waals surface area contributed by atoms with Gasteiger partial charge in [-0.05, 0) is 38.4 Å². The first-order chi connectivity index (χ1) is 8.95. The third-order valence-corrected chi connectivity index (χ3v) is 2.74. The second-order valence-electron chi connectivity index (χ2n) is 4.49. The van der Waals surface area contributed by atoms with Crippen molar-refractivity contribution in [3.8, 4) is 5.75 Å². The molecule has 1 atom stereocenters. The Morgan fingerprint density at radius 3 is 2.58 bits per heavy atom. The summed E-state index contributed by atoms with van der Waals surface area (Å²) in [5, 5.41) is 3.26. The zero-order valence-electron chi connectivity index (χ0n) is 11.3. The van der Waals surface area contributed by atoms with Gasteiger partial charge in [0.25, 0.3) is 0 Å². The highest BCUT2D eigenvalue weighted by molar-refractivity contribution is 5.35. The smallest absolute Gasteiger partial charge is 0.419 e. The van der Waals surface area contributed by atoms with E-state index in [1.807, 2.05) is 6.92 Å². The normalized spacial score (nSPS) is 13.3. The highest BCUT2D eigenvalue weighted by Crippen LogP contribution is 2.35. The first-order valence-corrected chi connectivity index (χ1v) is 6.47. The fourth-order valence-electron chi connectivity index (χ4n) is 1.67. The Balaban J connectivity index is 2.50. The van der Waals surface area contributed by atoms with Gasteiger partial charge in [0.15, 0.2) is 0 Å². The number of hydrogen-bond donors (Lipinski definition) is 1. The van der Waals surface area contributed by atoms with Crippen molar-refractivity contribution >= 4 is 0 Å². The molecule has 1 N–H and O–H groups in total. The van der Waals surface area contributed by atoms with Crippen LogP contribution >= 0.6 is 0 Å². The Bertz CT molecular complexity index is 379. The predicted molar refractivity (Wildman–Crippen MR) is 69.3 cm³/mol. The maximum atomic E-state index is 12.7. The van der Waals surface area contributed by atoms with Crippen LogP contribution in [0.15, 0.2) is 24.3 Å². The molecule has 0 saturated heterocycles. The maximum absolute atomic E-state index is 12.7. The topological polar surface area (TPSA) is 21.3 Å². The minimum atomic E-state index is -4.37. The van der Waals surface area contributed by atoms with Crippen LogP contribution in [0, 0.1) is 0 Å². The number of hydrogen-bond acceptors (Lipinski definition) is 2. The van der Waals surface area contributed by atoms with Crippen LogP contribution in [0.5, 0.6) is 5.75 Å². The Kier molecular flexibility index (Phi) is 6.15. The monoisotopic (exact) mass is 275 g/mol. The van der Waals surface area contributed by atoms with Crippen molar-refractivity contribution in [3.63, 3.8) is 0 Å². The van der Waals surface area contributed by atoms with Gasteiger partial charge >= 0.3 is 6.18 Å². The largest absolute Gasteiger partial charge is 0.493 e. The summed E-state index contributed by atoms with van der Waals surface area (Å²) in [4.78, 5) is 0. The second-order valence-corrected chi connectivity index (χ2v) is 4.49. The lowest BCUT2D eigenvalue weighted by molar-refractivity contribution is -0.138. The number of alkyl halides is 3. The number of nitrogens with one attached hydrogen (secondary N) is 1. The van der Waals surface area contributed by atoms with E-state index in [1.54, 1.807) is 6.07 Å². The summed E-state index contributed by atoms with van der Waals surface area (Å²) in [6, 6.07) is 5.53. The molecule has 5 heteroatoms. The van der Waals surface area contributed by atoms with Crippen molar-refractivity contribution in [2.45, 2.75) is 38.9 Å². The average Bonchev–Trinajstić information content (AvgIpc) is 2.35. The quantitative estimate of drug-likeness (QED) is 0.815. The number of halogens is 3. The van der Waals surface area contributed by atoms with Gasteiger partial charge in [-0.1, -0.05) is 19.1 Å². The van der Waals surface area contributed by atoms with E-state index in [0.29, 0.717) is 6.42 Å². The molecule has 0 aliphatic rings. The van der Waals surface area contributed by atoms with Crippen LogP contribution in [0.3, 0.4) is 0 Å². The molecule has 0 aliphatic heterocycles. The second kappa shape index (κ2) is 7.38. The fourth-order valence-corrected chi connectivity index (χ4v) is 1.67. The Hall–Kier alpha value is -1.23. The number of benzene rings is 1. The summed E-state index contributed by atoms with van der Waals surface area (Å²) in [5.41, 5.74) is -0.718. The van der Waals surface area contributed by atoms with Crippen LogP contribution in [-0.2, 0) is 6.18 Å². The van der Waals surface area contributed by atoms with Gasteiger partial charge in [0.1, 0.15) is 5.75 Å². The van der Waals surface area contributed by atoms with Crippen molar-refractivity contribution in [3.05, 3.63) is 29.8 Å². The molecule has 0 aromatic heterocycles. The molecule has 1 aromatic rings. The van der Waals surface area contributed by atoms with E-state index >= 15 is 0 Å². The lowest BCUT2D eigenvalue weighted by atomic mass is 10.2. The number of rotatable bonds is 7. The highest BCUT2D eigenvalue weighted by Gasteiger charge is 2.33. The van der Waals surface area contributed by atoms with Crippen LogP contribution in [0.25, 0.3) is 0 Å². The van der Waals surface area contributed by atoms with E-state index in [4.69, 9.17) is 4.74 Å². The molecular formula is C14H20F3NO. The molecule has 2 nitrogen and oxygen atoms in total. The third-order valence-electron chi connectivity index (χ3n) is 2.74. The standard InChI is InChI=1S/C14H20F3NO/c1-3-9-18-11(2)8-10-19-13-7-5-4-6-12(13)14(15,16)17/h4-7,11,18H,3,8-10H2,1-2H3. The zero-order chi connectivity index (χ0) is 14.3. The molecule has 1 aromatic carbocycles. The van der Waals surface area contributed by atoms with Gasteiger partial charge < -0.3 is 10.1 Å². The zero-order valence-corrected chi connectivity index (χ0v) is 11.3. The highest BCUT2D eigenvalue weighted by atomic mass is 19.4. The summed E-state index contributed by atoms with van der Waals surface area (Å²) in [6.07, 6.45) is -2.67. The van der Waals surface area contributed by atoms with Gasteiger partial charge in [0.2, 0.25) is 0 Å². The minimum absolute atomic E-state index is 0.0994. The minimum Gasteiger partial charge on any atom is -0.493 e. The molecule has 0 saturated carbocycles. The molecule has 0 aliphatic carbocycles. The summed E-state index contributed by atoms with van der Waals surface area (Å²) >= 11 is 0. The summed E-state index contributed by atoms with van der Waals surface area (Å²) < 4.78 is 43.4. The van der Waals surface area contributed by atoms with Gasteiger partial charge in [-0.2, -0.15) is 13.2 Å². The summed E-state index contributed by atoms with van der Waals surface area (Å²) in [7, 11) is 0. The van der Waals surface area contributed by atoms with Gasteiger partial charge in [0, 0.05) is 6.04 Å². The molecule has 1 rings (SSSR count). The van der Waals surface area contributed by atoms with Gasteiger partial charge in [-0.15, -0.1) is 0 Å². The molecule has 0 fully saturated rings. The predicted octanol–water partition coefficient (Wildman–Crippen LogP) is 3.86. The lowest BCUT2D eigenvalue weighted by Gasteiger charge is -2.16. The van der Waals surface area contributed by atoms with Crippen LogP contribution < -0.4 is 10.1 Å². The SMILES string of the molecule is CCCNC(C)CCOc1ccccc1C(F)(F)F. The molecular weight excluding hydrogens is 255 g/mol. The van der Waals surface area contributed by atoms with Crippen LogP contribution in [0.1, 0.15) is 32.3 Å². The Morgan fingerprint density at radius 1 is 1.26 bits per heavy atom. The fraction of sp³-hybridized carbons (Fsp3) is 0.571. The van der Waals surface area contributed by atoms with Crippen molar-refractivity contribution in [1.82, 2.24) is 5.32 Å². The first-order valence-electron chi connectivity index (χ1n) is 6.47. The van der Waals surface area contributed by atoms with E-state index < -0.39 is 11.7 Å². The van der Waals surface area contributed by atoms with E-state index in [2.05, 4.69) is 12.2 Å². The van der Waals surface area contributed by atoms with Gasteiger partial charge in [-0.25, -0.2) is 0 Å². The van der Waals surface area contributed by atoms with Gasteiger partial charge in [-0.3, -0.25) is 0 Å². The van der Waals surface area contributed by atoms with Crippen molar-refractivity contribution in [1.29, 1.82) is 0 Å². The van der Waals surface area contributed by atoms with Crippen LogP contribution in [0.2, 0.25) is 0 Å². The Morgan fingerprint density at radius 2 is 1.95 bits per heavy atom. The molecule has 0 bridgehead atoms. The molecule has 108 valence electrons. The molecule has 19 heavy (non-hydrogen) atoms. The van der Waals surface area contributed by atoms with E-state index in [0.717, 1.165) is 19.0 Å². The van der Waals surface area contributed by atoms with Crippen molar-refractivity contribution < 1.29 is 17.9 Å². The van der Waals surface area contributed by atoms with E-state index in [-0.39, 0.29) is 18.4 Å². The number of para-hydroxylation sites is 1. The number of ether oxygens (including phenoxy) is 1. The first kappa shape index (κ1) is 15.8. The third kappa shape index (κ3) is 5.51. The Labute approximate surface area is 112 Å². The van der Waals surface area contributed by atoms with Crippen molar-refractivity contribution in [2.24, 2.45) is 0 Å². The molecule has 1 unspecified atom stereocenters. The summed E-state index contributed by atoms with van der Waals surface area (Å²) in [5.74, 6) is -0.0994. The van der Waals surface area contributed by atoms with Crippen LogP contribution in [-0.4, -0.2) is 19.2 Å². The molecule has 0 amide bonds. The van der Waals surface area contributed by atoms with E-state index in [1.165, 1.54) is 12.1 Å². The van der Waals surface area contributed by atoms with Crippen molar-refractivity contribution in [2.75, 3.05) is 13.2 Å². The molecule has 0 heterocycles. The van der Waals surface area contributed by atoms with Crippen LogP contribution in [0.4, 0.5) is 13.2 Å². The van der Waals surface area contributed by atoms with Gasteiger partial charge in [0.05, 0.1) is 12.2 Å². The van der Waals surface area contributed by atoms with E-state index in [9.17, 15) is 13.2 Å².